The highest BCUT2D eigenvalue weighted by molar-refractivity contribution is 6.13. The molecule has 0 saturated carbocycles. The van der Waals surface area contributed by atoms with E-state index >= 15 is 0 Å². The first-order valence-corrected chi connectivity index (χ1v) is 24.4. The summed E-state index contributed by atoms with van der Waals surface area (Å²) in [5.74, 6) is 0. The lowest BCUT2D eigenvalue weighted by molar-refractivity contribution is 0.669. The van der Waals surface area contributed by atoms with Crippen molar-refractivity contribution in [2.24, 2.45) is 0 Å². The Bertz CT molecular complexity index is 4130. The van der Waals surface area contributed by atoms with Gasteiger partial charge in [0.05, 0.1) is 10.8 Å². The van der Waals surface area contributed by atoms with E-state index in [1.165, 1.54) is 100 Å². The van der Waals surface area contributed by atoms with Crippen molar-refractivity contribution in [2.45, 2.75) is 10.8 Å². The highest BCUT2D eigenvalue weighted by Crippen LogP contribution is 2.66. The molecule has 0 amide bonds. The number of fused-ring (bicyclic) bond motifs is 24. The molecule has 0 aliphatic heterocycles. The molecule has 0 saturated heterocycles. The van der Waals surface area contributed by atoms with E-state index in [1.54, 1.807) is 0 Å². The summed E-state index contributed by atoms with van der Waals surface area (Å²) in [6.07, 6.45) is 0. The molecular formula is C68H41NO. The van der Waals surface area contributed by atoms with E-state index in [0.29, 0.717) is 0 Å². The molecule has 2 spiro atoms. The van der Waals surface area contributed by atoms with Crippen molar-refractivity contribution in [2.75, 3.05) is 4.90 Å². The normalized spacial score (nSPS) is 15.6. The van der Waals surface area contributed by atoms with Crippen LogP contribution in [0, 0.1) is 0 Å². The number of rotatable bonds is 4. The van der Waals surface area contributed by atoms with Crippen molar-refractivity contribution in [1.29, 1.82) is 0 Å². The first-order valence-electron chi connectivity index (χ1n) is 24.4. The van der Waals surface area contributed by atoms with Gasteiger partial charge in [0.2, 0.25) is 0 Å². The minimum absolute atomic E-state index is 0.463. The van der Waals surface area contributed by atoms with Gasteiger partial charge in [-0.1, -0.05) is 206 Å². The van der Waals surface area contributed by atoms with Gasteiger partial charge in [-0.05, 0) is 137 Å². The van der Waals surface area contributed by atoms with E-state index < -0.39 is 10.8 Å². The smallest absolute Gasteiger partial charge is 0.143 e. The van der Waals surface area contributed by atoms with E-state index in [9.17, 15) is 0 Å². The zero-order valence-corrected chi connectivity index (χ0v) is 38.0. The van der Waals surface area contributed by atoms with Gasteiger partial charge in [0.25, 0.3) is 0 Å². The molecule has 2 heteroatoms. The summed E-state index contributed by atoms with van der Waals surface area (Å²) in [5, 5.41) is 2.30. The maximum absolute atomic E-state index is 6.84. The van der Waals surface area contributed by atoms with E-state index in [0.717, 1.165) is 39.0 Å². The predicted molar refractivity (Wildman–Crippen MR) is 286 cm³/mol. The van der Waals surface area contributed by atoms with E-state index in [4.69, 9.17) is 4.42 Å². The molecule has 1 atom stereocenters. The van der Waals surface area contributed by atoms with Gasteiger partial charge < -0.3 is 9.32 Å². The number of para-hydroxylation sites is 1. The second kappa shape index (κ2) is 13.8. The van der Waals surface area contributed by atoms with Crippen molar-refractivity contribution >= 4 is 39.0 Å². The highest BCUT2D eigenvalue weighted by atomic mass is 16.3. The Kier molecular flexibility index (Phi) is 7.51. The number of anilines is 3. The molecule has 0 N–H and O–H groups in total. The molecule has 0 bridgehead atoms. The molecule has 1 heterocycles. The summed E-state index contributed by atoms with van der Waals surface area (Å²) >= 11 is 0. The highest BCUT2D eigenvalue weighted by Gasteiger charge is 2.54. The molecule has 0 radical (unpaired) electrons. The van der Waals surface area contributed by atoms with Gasteiger partial charge in [-0.2, -0.15) is 0 Å². The summed E-state index contributed by atoms with van der Waals surface area (Å²) in [5.41, 5.74) is 27.2. The Morgan fingerprint density at radius 2 is 0.714 bits per heavy atom. The van der Waals surface area contributed by atoms with Crippen molar-refractivity contribution in [1.82, 2.24) is 0 Å². The fourth-order valence-corrected chi connectivity index (χ4v) is 13.6. The Balaban J connectivity index is 0.940. The Morgan fingerprint density at radius 3 is 1.37 bits per heavy atom. The molecule has 16 rings (SSSR count). The fourth-order valence-electron chi connectivity index (χ4n) is 13.6. The molecular weight excluding hydrogens is 847 g/mol. The van der Waals surface area contributed by atoms with Crippen LogP contribution in [0.2, 0.25) is 0 Å². The van der Waals surface area contributed by atoms with Crippen molar-refractivity contribution < 1.29 is 4.42 Å². The van der Waals surface area contributed by atoms with Crippen LogP contribution >= 0.6 is 0 Å². The third kappa shape index (κ3) is 4.68. The number of furan rings is 1. The van der Waals surface area contributed by atoms with Gasteiger partial charge in [0.1, 0.15) is 11.2 Å². The first-order chi connectivity index (χ1) is 34.7. The molecule has 12 aromatic rings. The standard InChI is InChI=1S/C68H41NO/c1-2-16-42(17-3-1)43-30-32-44(33-31-43)69(46-34-36-51-49-20-6-12-26-58(49)68(63(51)41-46)56-24-10-4-18-47(56)48-19-5-11-25-57(48)68)45-35-38-61-55(40-45)50-21-7-13-27-59(50)67(61)60-28-14-8-23-54(60)65-62(67)39-37-53-52-22-9-15-29-64(52)70-66(53)65/h1-41H. The van der Waals surface area contributed by atoms with Gasteiger partial charge >= 0.3 is 0 Å². The topological polar surface area (TPSA) is 16.4 Å². The van der Waals surface area contributed by atoms with Crippen molar-refractivity contribution in [3.05, 3.63) is 293 Å². The van der Waals surface area contributed by atoms with E-state index in [2.05, 4.69) is 254 Å². The average molecular weight is 888 g/mol. The number of benzene rings is 11. The monoisotopic (exact) mass is 887 g/mol. The van der Waals surface area contributed by atoms with Crippen LogP contribution in [0.25, 0.3) is 77.6 Å². The van der Waals surface area contributed by atoms with Gasteiger partial charge in [0.15, 0.2) is 0 Å². The largest absolute Gasteiger partial charge is 0.455 e. The Morgan fingerprint density at radius 1 is 0.271 bits per heavy atom. The Labute approximate surface area is 406 Å². The van der Waals surface area contributed by atoms with Crippen LogP contribution in [0.1, 0.15) is 44.5 Å². The molecule has 11 aromatic carbocycles. The summed E-state index contributed by atoms with van der Waals surface area (Å²) < 4.78 is 6.84. The number of hydrogen-bond donors (Lipinski definition) is 0. The van der Waals surface area contributed by atoms with Crippen LogP contribution < -0.4 is 4.90 Å². The minimum atomic E-state index is -0.527. The zero-order valence-electron chi connectivity index (χ0n) is 38.0. The molecule has 0 fully saturated rings. The van der Waals surface area contributed by atoms with Crippen molar-refractivity contribution in [3.8, 4) is 55.6 Å². The van der Waals surface area contributed by atoms with Crippen LogP contribution in [0.3, 0.4) is 0 Å². The zero-order chi connectivity index (χ0) is 45.7. The third-order valence-corrected chi connectivity index (χ3v) is 16.3. The maximum atomic E-state index is 6.84. The summed E-state index contributed by atoms with van der Waals surface area (Å²) in [6.45, 7) is 0. The maximum Gasteiger partial charge on any atom is 0.143 e. The summed E-state index contributed by atoms with van der Waals surface area (Å²) in [7, 11) is 0. The van der Waals surface area contributed by atoms with Crippen LogP contribution in [-0.4, -0.2) is 0 Å². The quantitative estimate of drug-likeness (QED) is 0.175. The van der Waals surface area contributed by atoms with E-state index in [-0.39, 0.29) is 0 Å². The van der Waals surface area contributed by atoms with Crippen LogP contribution in [0.4, 0.5) is 17.1 Å². The van der Waals surface area contributed by atoms with E-state index in [1.807, 2.05) is 0 Å². The first kappa shape index (κ1) is 38.0. The Hall–Kier alpha value is -8.98. The average Bonchev–Trinajstić information content (AvgIpc) is 4.20. The molecule has 4 aliphatic carbocycles. The van der Waals surface area contributed by atoms with Gasteiger partial charge in [0, 0.05) is 33.4 Å². The number of hydrogen-bond acceptors (Lipinski definition) is 2. The lowest BCUT2D eigenvalue weighted by Crippen LogP contribution is -2.26. The summed E-state index contributed by atoms with van der Waals surface area (Å²) in [4.78, 5) is 2.49. The molecule has 2 nitrogen and oxygen atoms in total. The molecule has 4 aliphatic rings. The molecule has 1 aromatic heterocycles. The molecule has 1 unspecified atom stereocenters. The van der Waals surface area contributed by atoms with Crippen molar-refractivity contribution in [3.63, 3.8) is 0 Å². The van der Waals surface area contributed by atoms with Gasteiger partial charge in [-0.15, -0.1) is 0 Å². The lowest BCUT2D eigenvalue weighted by Gasteiger charge is -2.33. The SMILES string of the molecule is c1ccc(-c2ccc(N(c3ccc4c(c3)-c3ccccc3C43c4ccccc4-c4c3ccc3c4oc4ccccc43)c3ccc4c(c3)C3(c5ccccc5-c5ccccc53)c3ccccc3-4)cc2)cc1. The fraction of sp³-hybridized carbons (Fsp3) is 0.0294. The van der Waals surface area contributed by atoms with Crippen LogP contribution in [0.15, 0.2) is 253 Å². The second-order valence-electron chi connectivity index (χ2n) is 19.4. The molecule has 324 valence electrons. The lowest BCUT2D eigenvalue weighted by atomic mass is 9.70. The predicted octanol–water partition coefficient (Wildman–Crippen LogP) is 17.4. The second-order valence-corrected chi connectivity index (χ2v) is 19.4. The summed E-state index contributed by atoms with van der Waals surface area (Å²) in [6, 6.07) is 92.8. The van der Waals surface area contributed by atoms with Gasteiger partial charge in [-0.3, -0.25) is 0 Å². The van der Waals surface area contributed by atoms with Crippen LogP contribution in [-0.2, 0) is 10.8 Å². The molecule has 70 heavy (non-hydrogen) atoms. The minimum Gasteiger partial charge on any atom is -0.455 e. The third-order valence-electron chi connectivity index (χ3n) is 16.3. The van der Waals surface area contributed by atoms with Gasteiger partial charge in [-0.25, -0.2) is 0 Å². The number of nitrogens with zero attached hydrogens (tertiary/aromatic N) is 1. The van der Waals surface area contributed by atoms with Crippen LogP contribution in [0.5, 0.6) is 0 Å².